The van der Waals surface area contributed by atoms with Crippen LogP contribution in [-0.2, 0) is 9.53 Å². The molecule has 4 nitrogen and oxygen atoms in total. The maximum Gasteiger partial charge on any atom is 0.309 e. The lowest BCUT2D eigenvalue weighted by atomic mass is 10.2. The van der Waals surface area contributed by atoms with Gasteiger partial charge in [0.2, 0.25) is 0 Å². The van der Waals surface area contributed by atoms with Crippen molar-refractivity contribution >= 4 is 16.9 Å². The van der Waals surface area contributed by atoms with Gasteiger partial charge in [0, 0.05) is 11.6 Å². The van der Waals surface area contributed by atoms with E-state index in [9.17, 15) is 4.79 Å². The average molecular weight is 311 g/mol. The summed E-state index contributed by atoms with van der Waals surface area (Å²) in [5, 5.41) is 0.978. The molecular formula is C19H21NO3. The fourth-order valence-corrected chi connectivity index (χ4v) is 3.50. The molecule has 0 N–H and O–H groups in total. The molecule has 2 aromatic rings. The van der Waals surface area contributed by atoms with Gasteiger partial charge in [0.25, 0.3) is 0 Å². The number of fused-ring (bicyclic) bond motifs is 1. The van der Waals surface area contributed by atoms with Crippen molar-refractivity contribution in [3.05, 3.63) is 36.5 Å². The molecule has 2 saturated carbocycles. The zero-order chi connectivity index (χ0) is 15.8. The van der Waals surface area contributed by atoms with Gasteiger partial charge < -0.3 is 9.47 Å². The number of ether oxygens (including phenoxy) is 2. The van der Waals surface area contributed by atoms with E-state index in [1.807, 2.05) is 30.3 Å². The topological polar surface area (TPSA) is 48.4 Å². The third-order valence-electron chi connectivity index (χ3n) is 5.06. The van der Waals surface area contributed by atoms with Crippen molar-refractivity contribution < 1.29 is 14.3 Å². The number of hydrogen-bond acceptors (Lipinski definition) is 4. The molecule has 0 amide bonds. The Hall–Kier alpha value is -2.10. The van der Waals surface area contributed by atoms with Crippen molar-refractivity contribution in [3.63, 3.8) is 0 Å². The molecule has 0 saturated heterocycles. The summed E-state index contributed by atoms with van der Waals surface area (Å²) in [6, 6.07) is 9.69. The third kappa shape index (κ3) is 3.03. The highest BCUT2D eigenvalue weighted by molar-refractivity contribution is 5.84. The maximum atomic E-state index is 12.0. The van der Waals surface area contributed by atoms with Gasteiger partial charge in [0.1, 0.15) is 19.0 Å². The van der Waals surface area contributed by atoms with Gasteiger partial charge in [-0.2, -0.15) is 0 Å². The molecule has 0 bridgehead atoms. The highest BCUT2D eigenvalue weighted by Gasteiger charge is 2.55. The minimum atomic E-state index is -0.0442. The van der Waals surface area contributed by atoms with E-state index in [0.29, 0.717) is 19.1 Å². The van der Waals surface area contributed by atoms with Crippen molar-refractivity contribution in [1.82, 2.24) is 4.98 Å². The molecule has 2 aliphatic rings. The largest absolute Gasteiger partial charge is 0.489 e. The Morgan fingerprint density at radius 2 is 2.00 bits per heavy atom. The molecule has 4 unspecified atom stereocenters. The van der Waals surface area contributed by atoms with Crippen molar-refractivity contribution in [2.24, 2.45) is 23.7 Å². The lowest BCUT2D eigenvalue weighted by molar-refractivity contribution is -0.146. The molecule has 1 aromatic heterocycles. The SMILES string of the molecule is CC1CC1C1CC1C(=O)OCCOc1ccnc2ccccc12. The van der Waals surface area contributed by atoms with Crippen molar-refractivity contribution in [1.29, 1.82) is 0 Å². The summed E-state index contributed by atoms with van der Waals surface area (Å²) < 4.78 is 11.1. The minimum Gasteiger partial charge on any atom is -0.489 e. The Labute approximate surface area is 135 Å². The van der Waals surface area contributed by atoms with E-state index in [-0.39, 0.29) is 11.9 Å². The van der Waals surface area contributed by atoms with Gasteiger partial charge in [-0.05, 0) is 48.8 Å². The second kappa shape index (κ2) is 5.84. The zero-order valence-electron chi connectivity index (χ0n) is 13.3. The van der Waals surface area contributed by atoms with Crippen molar-refractivity contribution in [3.8, 4) is 5.75 Å². The lowest BCUT2D eigenvalue weighted by Crippen LogP contribution is -2.14. The number of carbonyl (C=O) groups excluding carboxylic acids is 1. The van der Waals surface area contributed by atoms with Crippen LogP contribution in [0.15, 0.2) is 36.5 Å². The summed E-state index contributed by atoms with van der Waals surface area (Å²) in [6.45, 7) is 2.94. The predicted molar refractivity (Wildman–Crippen MR) is 87.1 cm³/mol. The van der Waals surface area contributed by atoms with E-state index in [1.165, 1.54) is 6.42 Å². The van der Waals surface area contributed by atoms with Crippen LogP contribution in [0.3, 0.4) is 0 Å². The number of benzene rings is 1. The van der Waals surface area contributed by atoms with E-state index in [1.54, 1.807) is 6.20 Å². The average Bonchev–Trinajstić information content (AvgIpc) is 3.47. The van der Waals surface area contributed by atoms with E-state index in [0.717, 1.165) is 34.9 Å². The summed E-state index contributed by atoms with van der Waals surface area (Å²) >= 11 is 0. The first-order valence-electron chi connectivity index (χ1n) is 8.37. The highest BCUT2D eigenvalue weighted by Crippen LogP contribution is 2.57. The Morgan fingerprint density at radius 3 is 2.83 bits per heavy atom. The van der Waals surface area contributed by atoms with E-state index in [2.05, 4.69) is 11.9 Å². The quantitative estimate of drug-likeness (QED) is 0.605. The van der Waals surface area contributed by atoms with E-state index < -0.39 is 0 Å². The third-order valence-corrected chi connectivity index (χ3v) is 5.06. The number of hydrogen-bond donors (Lipinski definition) is 0. The van der Waals surface area contributed by atoms with E-state index >= 15 is 0 Å². The van der Waals surface area contributed by atoms with Crippen LogP contribution in [-0.4, -0.2) is 24.2 Å². The molecule has 4 rings (SSSR count). The molecule has 0 radical (unpaired) electrons. The number of esters is 1. The molecule has 4 atom stereocenters. The molecule has 2 fully saturated rings. The number of carbonyl (C=O) groups is 1. The molecular weight excluding hydrogens is 290 g/mol. The highest BCUT2D eigenvalue weighted by atomic mass is 16.6. The number of aromatic nitrogens is 1. The van der Waals surface area contributed by atoms with Crippen molar-refractivity contribution in [2.45, 2.75) is 19.8 Å². The minimum absolute atomic E-state index is 0.0442. The predicted octanol–water partition coefficient (Wildman–Crippen LogP) is 3.45. The van der Waals surface area contributed by atoms with Crippen molar-refractivity contribution in [2.75, 3.05) is 13.2 Å². The Bertz CT molecular complexity index is 724. The molecule has 120 valence electrons. The number of para-hydroxylation sites is 1. The van der Waals surface area contributed by atoms with E-state index in [4.69, 9.17) is 9.47 Å². The molecule has 0 spiro atoms. The first kappa shape index (κ1) is 14.5. The molecule has 0 aliphatic heterocycles. The fourth-order valence-electron chi connectivity index (χ4n) is 3.50. The molecule has 2 aliphatic carbocycles. The summed E-state index contributed by atoms with van der Waals surface area (Å²) in [4.78, 5) is 16.3. The maximum absolute atomic E-state index is 12.0. The summed E-state index contributed by atoms with van der Waals surface area (Å²) in [5.41, 5.74) is 0.904. The first-order valence-corrected chi connectivity index (χ1v) is 8.37. The summed E-state index contributed by atoms with van der Waals surface area (Å²) in [5.74, 6) is 3.04. The monoisotopic (exact) mass is 311 g/mol. The molecule has 4 heteroatoms. The van der Waals surface area contributed by atoms with Crippen LogP contribution in [0.1, 0.15) is 19.8 Å². The number of nitrogens with zero attached hydrogens (tertiary/aromatic N) is 1. The van der Waals surface area contributed by atoms with Crippen LogP contribution in [0.25, 0.3) is 10.9 Å². The van der Waals surface area contributed by atoms with Gasteiger partial charge >= 0.3 is 5.97 Å². The van der Waals surface area contributed by atoms with Crippen LogP contribution >= 0.6 is 0 Å². The molecule has 23 heavy (non-hydrogen) atoms. The second-order valence-corrected chi connectivity index (χ2v) is 6.73. The van der Waals surface area contributed by atoms with Crippen LogP contribution in [0, 0.1) is 23.7 Å². The summed E-state index contributed by atoms with van der Waals surface area (Å²) in [6.07, 6.45) is 4.03. The fraction of sp³-hybridized carbons (Fsp3) is 0.474. The van der Waals surface area contributed by atoms with Gasteiger partial charge in [-0.3, -0.25) is 9.78 Å². The van der Waals surface area contributed by atoms with Gasteiger partial charge in [-0.15, -0.1) is 0 Å². The molecule has 1 aromatic carbocycles. The van der Waals surface area contributed by atoms with Gasteiger partial charge in [-0.1, -0.05) is 19.1 Å². The van der Waals surface area contributed by atoms with Crippen LogP contribution in [0.2, 0.25) is 0 Å². The normalized spacial score (nSPS) is 28.4. The Kier molecular flexibility index (Phi) is 3.68. The smallest absolute Gasteiger partial charge is 0.309 e. The number of rotatable bonds is 6. The van der Waals surface area contributed by atoms with Crippen LogP contribution in [0.4, 0.5) is 0 Å². The van der Waals surface area contributed by atoms with Gasteiger partial charge in [0.05, 0.1) is 11.4 Å². The van der Waals surface area contributed by atoms with Gasteiger partial charge in [-0.25, -0.2) is 0 Å². The Balaban J connectivity index is 1.25. The lowest BCUT2D eigenvalue weighted by Gasteiger charge is -2.09. The summed E-state index contributed by atoms with van der Waals surface area (Å²) in [7, 11) is 0. The Morgan fingerprint density at radius 1 is 1.17 bits per heavy atom. The zero-order valence-corrected chi connectivity index (χ0v) is 13.3. The first-order chi connectivity index (χ1) is 11.2. The van der Waals surface area contributed by atoms with Crippen LogP contribution < -0.4 is 4.74 Å². The molecule has 1 heterocycles. The standard InChI is InChI=1S/C19H21NO3/c1-12-10-14(12)15-11-16(15)19(21)23-9-8-22-18-6-7-20-17-5-3-2-4-13(17)18/h2-7,12,14-16H,8-11H2,1H3. The van der Waals surface area contributed by atoms with Gasteiger partial charge in [0.15, 0.2) is 0 Å². The number of pyridine rings is 1. The second-order valence-electron chi connectivity index (χ2n) is 6.73. The van der Waals surface area contributed by atoms with Crippen LogP contribution in [0.5, 0.6) is 5.75 Å².